The van der Waals surface area contributed by atoms with Crippen LogP contribution < -0.4 is 10.6 Å². The average Bonchev–Trinajstić information content (AvgIpc) is 2.56. The third-order valence-electron chi connectivity index (χ3n) is 4.31. The molecule has 4 aromatic carbocycles. The lowest BCUT2D eigenvalue weighted by atomic mass is 10.0. The van der Waals surface area contributed by atoms with E-state index in [2.05, 4.69) is 83.4 Å². The van der Waals surface area contributed by atoms with Crippen molar-refractivity contribution in [3.8, 4) is 0 Å². The van der Waals surface area contributed by atoms with Crippen LogP contribution in [0.3, 0.4) is 0 Å². The van der Waals surface area contributed by atoms with Crippen LogP contribution in [0.15, 0.2) is 72.8 Å². The highest BCUT2D eigenvalue weighted by Crippen LogP contribution is 2.42. The van der Waals surface area contributed by atoms with Gasteiger partial charge >= 0.3 is 0 Å². The second-order valence-electron chi connectivity index (χ2n) is 5.74. The van der Waals surface area contributed by atoms with Gasteiger partial charge in [0.05, 0.1) is 22.7 Å². The lowest BCUT2D eigenvalue weighted by Gasteiger charge is -2.24. The fourth-order valence-electron chi connectivity index (χ4n) is 3.18. The van der Waals surface area contributed by atoms with E-state index in [1.807, 2.05) is 0 Å². The first-order chi connectivity index (χ1) is 10.9. The minimum absolute atomic E-state index is 1.13. The van der Waals surface area contributed by atoms with Gasteiger partial charge in [0.2, 0.25) is 0 Å². The molecule has 0 amide bonds. The van der Waals surface area contributed by atoms with Gasteiger partial charge < -0.3 is 10.6 Å². The average molecular weight is 282 g/mol. The first-order valence-corrected chi connectivity index (χ1v) is 7.46. The normalized spacial score (nSPS) is 12.4. The van der Waals surface area contributed by atoms with E-state index < -0.39 is 0 Å². The molecule has 0 spiro atoms. The molecule has 2 N–H and O–H groups in total. The fourth-order valence-corrected chi connectivity index (χ4v) is 3.18. The van der Waals surface area contributed by atoms with Crippen molar-refractivity contribution in [2.24, 2.45) is 0 Å². The highest BCUT2D eigenvalue weighted by atomic mass is 15.0. The van der Waals surface area contributed by atoms with Crippen LogP contribution in [0, 0.1) is 0 Å². The molecule has 1 aliphatic rings. The first kappa shape index (κ1) is 11.6. The third-order valence-corrected chi connectivity index (χ3v) is 4.31. The predicted octanol–water partition coefficient (Wildman–Crippen LogP) is 5.79. The molecule has 0 radical (unpaired) electrons. The smallest absolute Gasteiger partial charge is 0.0630 e. The van der Waals surface area contributed by atoms with Crippen molar-refractivity contribution in [1.82, 2.24) is 0 Å². The maximum atomic E-state index is 3.56. The summed E-state index contributed by atoms with van der Waals surface area (Å²) in [6, 6.07) is 25.7. The van der Waals surface area contributed by atoms with E-state index in [0.29, 0.717) is 0 Å². The Labute approximate surface area is 128 Å². The van der Waals surface area contributed by atoms with E-state index in [4.69, 9.17) is 0 Å². The van der Waals surface area contributed by atoms with Gasteiger partial charge in [-0.2, -0.15) is 0 Å². The summed E-state index contributed by atoms with van der Waals surface area (Å²) in [6.45, 7) is 0. The number of hydrogen-bond donors (Lipinski definition) is 2. The second-order valence-corrected chi connectivity index (χ2v) is 5.74. The van der Waals surface area contributed by atoms with Crippen LogP contribution in [-0.4, -0.2) is 0 Å². The third kappa shape index (κ3) is 1.67. The summed E-state index contributed by atoms with van der Waals surface area (Å²) in [5.41, 5.74) is 4.51. The summed E-state index contributed by atoms with van der Waals surface area (Å²) in [4.78, 5) is 0. The summed E-state index contributed by atoms with van der Waals surface area (Å²) in [5.74, 6) is 0. The number of rotatable bonds is 0. The molecule has 0 atom stereocenters. The molecule has 0 aromatic heterocycles. The molecule has 4 aromatic rings. The molecular weight excluding hydrogens is 268 g/mol. The van der Waals surface area contributed by atoms with Crippen molar-refractivity contribution in [1.29, 1.82) is 0 Å². The van der Waals surface area contributed by atoms with Gasteiger partial charge in [-0.15, -0.1) is 0 Å². The van der Waals surface area contributed by atoms with Gasteiger partial charge in [-0.3, -0.25) is 0 Å². The minimum atomic E-state index is 1.13. The van der Waals surface area contributed by atoms with Gasteiger partial charge in [-0.05, 0) is 45.8 Å². The first-order valence-electron chi connectivity index (χ1n) is 7.46. The predicted molar refractivity (Wildman–Crippen MR) is 94.5 cm³/mol. The molecule has 1 aliphatic heterocycles. The molecule has 2 heteroatoms. The molecular formula is C20H14N2. The van der Waals surface area contributed by atoms with Crippen LogP contribution in [0.4, 0.5) is 22.7 Å². The van der Waals surface area contributed by atoms with Crippen molar-refractivity contribution in [3.05, 3.63) is 72.8 Å². The van der Waals surface area contributed by atoms with Crippen molar-refractivity contribution in [3.63, 3.8) is 0 Å². The van der Waals surface area contributed by atoms with E-state index >= 15 is 0 Å². The highest BCUT2D eigenvalue weighted by Gasteiger charge is 2.15. The SMILES string of the molecule is c1ccc2cc3c(cc2c1)Nc1cc2ccccc2cc1N3. The largest absolute Gasteiger partial charge is 0.352 e. The van der Waals surface area contributed by atoms with Crippen LogP contribution >= 0.6 is 0 Å². The Kier molecular flexibility index (Phi) is 2.25. The Hall–Kier alpha value is -3.00. The lowest BCUT2D eigenvalue weighted by molar-refractivity contribution is 1.48. The van der Waals surface area contributed by atoms with Crippen molar-refractivity contribution < 1.29 is 0 Å². The van der Waals surface area contributed by atoms with Gasteiger partial charge in [0.25, 0.3) is 0 Å². The summed E-state index contributed by atoms with van der Waals surface area (Å²) in [6.07, 6.45) is 0. The van der Waals surface area contributed by atoms with Crippen LogP contribution in [0.25, 0.3) is 21.5 Å². The Balaban J connectivity index is 1.71. The highest BCUT2D eigenvalue weighted by molar-refractivity contribution is 6.02. The molecule has 0 saturated heterocycles. The monoisotopic (exact) mass is 282 g/mol. The maximum Gasteiger partial charge on any atom is 0.0630 e. The summed E-state index contributed by atoms with van der Waals surface area (Å²) < 4.78 is 0. The Bertz CT molecular complexity index is 868. The molecule has 0 bridgehead atoms. The van der Waals surface area contributed by atoms with Crippen LogP contribution in [0.1, 0.15) is 0 Å². The lowest BCUT2D eigenvalue weighted by Crippen LogP contribution is -2.06. The Morgan fingerprint density at radius 2 is 0.682 bits per heavy atom. The van der Waals surface area contributed by atoms with Gasteiger partial charge in [0, 0.05) is 0 Å². The zero-order chi connectivity index (χ0) is 14.5. The second kappa shape index (κ2) is 4.25. The molecule has 1 heterocycles. The zero-order valence-electron chi connectivity index (χ0n) is 11.9. The Morgan fingerprint density at radius 1 is 0.409 bits per heavy atom. The van der Waals surface area contributed by atoms with Crippen LogP contribution in [0.5, 0.6) is 0 Å². The van der Waals surface area contributed by atoms with Crippen molar-refractivity contribution >= 4 is 44.3 Å². The van der Waals surface area contributed by atoms with E-state index in [9.17, 15) is 0 Å². The van der Waals surface area contributed by atoms with Gasteiger partial charge in [-0.1, -0.05) is 48.5 Å². The molecule has 0 aliphatic carbocycles. The van der Waals surface area contributed by atoms with Gasteiger partial charge in [0.1, 0.15) is 0 Å². The number of fused-ring (bicyclic) bond motifs is 4. The van der Waals surface area contributed by atoms with Crippen molar-refractivity contribution in [2.45, 2.75) is 0 Å². The maximum absolute atomic E-state index is 3.56. The summed E-state index contributed by atoms with van der Waals surface area (Å²) in [7, 11) is 0. The zero-order valence-corrected chi connectivity index (χ0v) is 11.9. The van der Waals surface area contributed by atoms with Crippen LogP contribution in [-0.2, 0) is 0 Å². The van der Waals surface area contributed by atoms with Crippen molar-refractivity contribution in [2.75, 3.05) is 10.6 Å². The van der Waals surface area contributed by atoms with Gasteiger partial charge in [0.15, 0.2) is 0 Å². The number of nitrogens with one attached hydrogen (secondary N) is 2. The molecule has 2 nitrogen and oxygen atoms in total. The fraction of sp³-hybridized carbons (Fsp3) is 0. The minimum Gasteiger partial charge on any atom is -0.352 e. The van der Waals surface area contributed by atoms with E-state index in [1.165, 1.54) is 21.5 Å². The Morgan fingerprint density at radius 3 is 0.955 bits per heavy atom. The molecule has 104 valence electrons. The molecule has 5 rings (SSSR count). The molecule has 0 fully saturated rings. The number of benzene rings is 4. The molecule has 0 unspecified atom stereocenters. The molecule has 0 saturated carbocycles. The number of anilines is 4. The molecule has 22 heavy (non-hydrogen) atoms. The standard InChI is InChI=1S/C20H14N2/c1-2-6-14-10-18-17(9-13(14)5-1)21-19-11-15-7-3-4-8-16(15)12-20(19)22-18/h1-12,21-22H. The topological polar surface area (TPSA) is 24.1 Å². The van der Waals surface area contributed by atoms with E-state index in [-0.39, 0.29) is 0 Å². The van der Waals surface area contributed by atoms with E-state index in [0.717, 1.165) is 22.7 Å². The number of hydrogen-bond acceptors (Lipinski definition) is 2. The van der Waals surface area contributed by atoms with Gasteiger partial charge in [-0.25, -0.2) is 0 Å². The van der Waals surface area contributed by atoms with Crippen LogP contribution in [0.2, 0.25) is 0 Å². The summed E-state index contributed by atoms with van der Waals surface area (Å²) in [5, 5.41) is 12.1. The quantitative estimate of drug-likeness (QED) is 0.375. The summed E-state index contributed by atoms with van der Waals surface area (Å²) >= 11 is 0. The van der Waals surface area contributed by atoms with E-state index in [1.54, 1.807) is 0 Å².